The third kappa shape index (κ3) is 1.12. The second-order valence-electron chi connectivity index (χ2n) is 4.40. The fourth-order valence-electron chi connectivity index (χ4n) is 2.64. The van der Waals surface area contributed by atoms with Gasteiger partial charge in [-0.2, -0.15) is 0 Å². The van der Waals surface area contributed by atoms with Gasteiger partial charge in [-0.1, -0.05) is 31.2 Å². The zero-order chi connectivity index (χ0) is 12.8. The van der Waals surface area contributed by atoms with E-state index in [1.54, 1.807) is 36.7 Å². The van der Waals surface area contributed by atoms with Crippen molar-refractivity contribution in [3.05, 3.63) is 53.6 Å². The molecule has 18 heavy (non-hydrogen) atoms. The molecule has 0 atom stereocenters. The molecule has 0 amide bonds. The molecule has 0 fully saturated rings. The van der Waals surface area contributed by atoms with Crippen molar-refractivity contribution in [1.29, 1.82) is 0 Å². The lowest BCUT2D eigenvalue weighted by molar-refractivity contribution is 0.0781. The SMILES string of the molecule is CCC1(c2ncc[nH]2)C(=O)c2ccccc2C1=O. The summed E-state index contributed by atoms with van der Waals surface area (Å²) in [6.45, 7) is 1.84. The van der Waals surface area contributed by atoms with Gasteiger partial charge in [-0.3, -0.25) is 9.59 Å². The third-order valence-electron chi connectivity index (χ3n) is 3.62. The van der Waals surface area contributed by atoms with Crippen molar-refractivity contribution in [1.82, 2.24) is 9.97 Å². The van der Waals surface area contributed by atoms with Crippen LogP contribution in [0.15, 0.2) is 36.7 Å². The Morgan fingerprint density at radius 3 is 2.22 bits per heavy atom. The largest absolute Gasteiger partial charge is 0.347 e. The maximum absolute atomic E-state index is 12.6. The molecule has 4 heteroatoms. The summed E-state index contributed by atoms with van der Waals surface area (Å²) in [6, 6.07) is 6.96. The van der Waals surface area contributed by atoms with Gasteiger partial charge in [0.05, 0.1) is 0 Å². The Morgan fingerprint density at radius 1 is 1.17 bits per heavy atom. The first kappa shape index (κ1) is 10.9. The highest BCUT2D eigenvalue weighted by Crippen LogP contribution is 2.40. The Morgan fingerprint density at radius 2 is 1.78 bits per heavy atom. The van der Waals surface area contributed by atoms with Crippen molar-refractivity contribution in [2.75, 3.05) is 0 Å². The van der Waals surface area contributed by atoms with E-state index in [1.807, 2.05) is 6.92 Å². The van der Waals surface area contributed by atoms with E-state index >= 15 is 0 Å². The first-order valence-electron chi connectivity index (χ1n) is 5.90. The molecule has 2 aromatic rings. The van der Waals surface area contributed by atoms with E-state index in [2.05, 4.69) is 9.97 Å². The van der Waals surface area contributed by atoms with Crippen LogP contribution in [-0.2, 0) is 5.41 Å². The molecule has 0 saturated carbocycles. The Hall–Kier alpha value is -2.23. The molecule has 0 saturated heterocycles. The average molecular weight is 240 g/mol. The summed E-state index contributed by atoms with van der Waals surface area (Å²) in [6.07, 6.45) is 3.61. The lowest BCUT2D eigenvalue weighted by atomic mass is 9.79. The molecule has 0 aliphatic heterocycles. The van der Waals surface area contributed by atoms with E-state index in [0.29, 0.717) is 23.4 Å². The Kier molecular flexibility index (Phi) is 2.20. The summed E-state index contributed by atoms with van der Waals surface area (Å²) in [4.78, 5) is 32.2. The van der Waals surface area contributed by atoms with Crippen molar-refractivity contribution < 1.29 is 9.59 Å². The first-order valence-corrected chi connectivity index (χ1v) is 5.90. The van der Waals surface area contributed by atoms with Gasteiger partial charge in [-0.15, -0.1) is 0 Å². The molecule has 4 nitrogen and oxygen atoms in total. The molecule has 3 rings (SSSR count). The molecule has 1 N–H and O–H groups in total. The van der Waals surface area contributed by atoms with Crippen molar-refractivity contribution >= 4 is 11.6 Å². The zero-order valence-electron chi connectivity index (χ0n) is 9.93. The van der Waals surface area contributed by atoms with Gasteiger partial charge in [0.25, 0.3) is 0 Å². The second kappa shape index (κ2) is 3.63. The predicted octanol–water partition coefficient (Wildman–Crippen LogP) is 2.14. The van der Waals surface area contributed by atoms with Gasteiger partial charge >= 0.3 is 0 Å². The van der Waals surface area contributed by atoms with Crippen LogP contribution in [0, 0.1) is 0 Å². The summed E-state index contributed by atoms with van der Waals surface area (Å²) in [5.74, 6) is 0.136. The van der Waals surface area contributed by atoms with Crippen LogP contribution in [0.3, 0.4) is 0 Å². The summed E-state index contributed by atoms with van der Waals surface area (Å²) in [5.41, 5.74) is -0.158. The average Bonchev–Trinajstić information content (AvgIpc) is 2.99. The van der Waals surface area contributed by atoms with Gasteiger partial charge in [-0.05, 0) is 6.42 Å². The smallest absolute Gasteiger partial charge is 0.185 e. The lowest BCUT2D eigenvalue weighted by Crippen LogP contribution is -2.38. The molecule has 90 valence electrons. The number of aromatic nitrogens is 2. The number of ketones is 2. The lowest BCUT2D eigenvalue weighted by Gasteiger charge is -2.21. The quantitative estimate of drug-likeness (QED) is 0.818. The topological polar surface area (TPSA) is 62.8 Å². The Balaban J connectivity index is 2.27. The van der Waals surface area contributed by atoms with Gasteiger partial charge in [0.1, 0.15) is 5.82 Å². The number of hydrogen-bond acceptors (Lipinski definition) is 3. The molecule has 1 aliphatic rings. The van der Waals surface area contributed by atoms with E-state index in [9.17, 15) is 9.59 Å². The van der Waals surface area contributed by atoms with E-state index in [0.717, 1.165) is 0 Å². The van der Waals surface area contributed by atoms with E-state index in [4.69, 9.17) is 0 Å². The highest BCUT2D eigenvalue weighted by atomic mass is 16.2. The molecule has 0 radical (unpaired) electrons. The summed E-state index contributed by atoms with van der Waals surface area (Å²) in [5, 5.41) is 0. The van der Waals surface area contributed by atoms with Crippen LogP contribution >= 0.6 is 0 Å². The minimum Gasteiger partial charge on any atom is -0.347 e. The number of H-pyrrole nitrogens is 1. The molecule has 0 unspecified atom stereocenters. The van der Waals surface area contributed by atoms with Gasteiger partial charge in [0.15, 0.2) is 17.0 Å². The van der Waals surface area contributed by atoms with Crippen molar-refractivity contribution in [2.45, 2.75) is 18.8 Å². The van der Waals surface area contributed by atoms with Crippen molar-refractivity contribution in [2.24, 2.45) is 0 Å². The maximum atomic E-state index is 12.6. The third-order valence-corrected chi connectivity index (χ3v) is 3.62. The Bertz CT molecular complexity index is 594. The van der Waals surface area contributed by atoms with E-state index in [1.165, 1.54) is 0 Å². The number of Topliss-reactive ketones (excluding diaryl/α,β-unsaturated/α-hetero) is 2. The van der Waals surface area contributed by atoms with Crippen LogP contribution in [0.4, 0.5) is 0 Å². The predicted molar refractivity (Wildman–Crippen MR) is 65.7 cm³/mol. The van der Waals surface area contributed by atoms with Crippen LogP contribution in [0.5, 0.6) is 0 Å². The van der Waals surface area contributed by atoms with Crippen LogP contribution in [0.2, 0.25) is 0 Å². The number of aromatic amines is 1. The van der Waals surface area contributed by atoms with E-state index < -0.39 is 5.41 Å². The Labute approximate surface area is 104 Å². The minimum absolute atomic E-state index is 0.152. The monoisotopic (exact) mass is 240 g/mol. The number of benzene rings is 1. The number of rotatable bonds is 2. The molecule has 0 bridgehead atoms. The highest BCUT2D eigenvalue weighted by molar-refractivity contribution is 6.32. The molecule has 1 heterocycles. The van der Waals surface area contributed by atoms with Crippen LogP contribution < -0.4 is 0 Å². The van der Waals surface area contributed by atoms with E-state index in [-0.39, 0.29) is 11.6 Å². The first-order chi connectivity index (χ1) is 8.71. The highest BCUT2D eigenvalue weighted by Gasteiger charge is 2.54. The summed E-state index contributed by atoms with van der Waals surface area (Å²) in [7, 11) is 0. The van der Waals surface area contributed by atoms with Crippen LogP contribution in [0.25, 0.3) is 0 Å². The number of carbonyl (C=O) groups is 2. The molecule has 1 aliphatic carbocycles. The maximum Gasteiger partial charge on any atom is 0.185 e. The molecule has 1 aromatic heterocycles. The number of nitrogens with zero attached hydrogens (tertiary/aromatic N) is 1. The van der Waals surface area contributed by atoms with Gasteiger partial charge in [-0.25, -0.2) is 4.98 Å². The molecule has 0 spiro atoms. The van der Waals surface area contributed by atoms with Crippen molar-refractivity contribution in [3.63, 3.8) is 0 Å². The molecule has 1 aromatic carbocycles. The van der Waals surface area contributed by atoms with Crippen LogP contribution in [0.1, 0.15) is 39.9 Å². The number of carbonyl (C=O) groups excluding carboxylic acids is 2. The fraction of sp³-hybridized carbons (Fsp3) is 0.214. The van der Waals surface area contributed by atoms with Gasteiger partial charge < -0.3 is 4.98 Å². The fourth-order valence-corrected chi connectivity index (χ4v) is 2.64. The number of fused-ring (bicyclic) bond motifs is 1. The minimum atomic E-state index is -1.16. The second-order valence-corrected chi connectivity index (χ2v) is 4.40. The summed E-state index contributed by atoms with van der Waals surface area (Å²) < 4.78 is 0. The number of nitrogens with one attached hydrogen (secondary N) is 1. The van der Waals surface area contributed by atoms with Crippen molar-refractivity contribution in [3.8, 4) is 0 Å². The van der Waals surface area contributed by atoms with Gasteiger partial charge in [0.2, 0.25) is 0 Å². The molecular formula is C14H12N2O2. The van der Waals surface area contributed by atoms with Gasteiger partial charge in [0, 0.05) is 23.5 Å². The molecular weight excluding hydrogens is 228 g/mol. The zero-order valence-corrected chi connectivity index (χ0v) is 9.93. The summed E-state index contributed by atoms with van der Waals surface area (Å²) >= 11 is 0. The number of imidazole rings is 1. The number of hydrogen-bond donors (Lipinski definition) is 1. The van der Waals surface area contributed by atoms with Crippen LogP contribution in [-0.4, -0.2) is 21.5 Å². The normalized spacial score (nSPS) is 16.9. The standard InChI is InChI=1S/C14H12N2O2/c1-2-14(13-15-7-8-16-13)11(17)9-5-3-4-6-10(9)12(14)18/h3-8H,2H2,1H3,(H,15,16).